The highest BCUT2D eigenvalue weighted by molar-refractivity contribution is 14.0. The van der Waals surface area contributed by atoms with E-state index in [0.717, 1.165) is 11.3 Å². The van der Waals surface area contributed by atoms with Crippen LogP contribution in [-0.4, -0.2) is 25.5 Å². The lowest BCUT2D eigenvalue weighted by molar-refractivity contribution is -0.120. The molecule has 24 heavy (non-hydrogen) atoms. The largest absolute Gasteiger partial charge is 0.467 e. The summed E-state index contributed by atoms with van der Waals surface area (Å²) in [7, 11) is 1.67. The Hall–Kier alpha value is -2.03. The molecular weight excluding hydrogens is 419 g/mol. The standard InChI is InChI=1S/C17H22N4O2.HI/c1-13-5-7-14(8-6-13)10-20-17(18-2)21-12-16(22)19-11-15-4-3-9-23-15;/h3-9H,10-12H2,1-2H3,(H,19,22)(H2,18,20,21);1H. The molecule has 2 aromatic rings. The summed E-state index contributed by atoms with van der Waals surface area (Å²) in [6, 6.07) is 11.9. The van der Waals surface area contributed by atoms with Crippen LogP contribution in [0.15, 0.2) is 52.1 Å². The number of aliphatic imine (C=N–C) groups is 1. The number of carbonyl (C=O) groups is 1. The number of nitrogens with zero attached hydrogens (tertiary/aromatic N) is 1. The molecule has 0 aliphatic heterocycles. The summed E-state index contributed by atoms with van der Waals surface area (Å²) in [5.41, 5.74) is 2.38. The van der Waals surface area contributed by atoms with E-state index in [2.05, 4.69) is 52.1 Å². The van der Waals surface area contributed by atoms with Gasteiger partial charge < -0.3 is 20.4 Å². The van der Waals surface area contributed by atoms with Gasteiger partial charge in [0.1, 0.15) is 5.76 Å². The van der Waals surface area contributed by atoms with Crippen molar-refractivity contribution in [3.8, 4) is 0 Å². The molecule has 0 saturated carbocycles. The van der Waals surface area contributed by atoms with Crippen molar-refractivity contribution < 1.29 is 9.21 Å². The van der Waals surface area contributed by atoms with Gasteiger partial charge in [-0.15, -0.1) is 24.0 Å². The van der Waals surface area contributed by atoms with Gasteiger partial charge in [-0.05, 0) is 24.6 Å². The quantitative estimate of drug-likeness (QED) is 0.364. The van der Waals surface area contributed by atoms with E-state index in [9.17, 15) is 4.79 Å². The van der Waals surface area contributed by atoms with Crippen LogP contribution in [0.1, 0.15) is 16.9 Å². The number of halogens is 1. The number of nitrogens with one attached hydrogen (secondary N) is 3. The zero-order valence-corrected chi connectivity index (χ0v) is 16.2. The smallest absolute Gasteiger partial charge is 0.239 e. The van der Waals surface area contributed by atoms with Crippen LogP contribution < -0.4 is 16.0 Å². The van der Waals surface area contributed by atoms with Crippen LogP contribution in [-0.2, 0) is 17.9 Å². The third kappa shape index (κ3) is 7.03. The first-order chi connectivity index (χ1) is 11.2. The number of hydrogen-bond acceptors (Lipinski definition) is 3. The van der Waals surface area contributed by atoms with Crippen molar-refractivity contribution in [1.29, 1.82) is 0 Å². The molecule has 3 N–H and O–H groups in total. The third-order valence-corrected chi connectivity index (χ3v) is 3.26. The second-order valence-electron chi connectivity index (χ2n) is 5.12. The number of amides is 1. The van der Waals surface area contributed by atoms with Gasteiger partial charge in [0.2, 0.25) is 5.91 Å². The lowest BCUT2D eigenvalue weighted by atomic mass is 10.1. The Labute approximate surface area is 159 Å². The predicted octanol–water partition coefficient (Wildman–Crippen LogP) is 2.19. The monoisotopic (exact) mass is 442 g/mol. The van der Waals surface area contributed by atoms with Crippen LogP contribution in [0.3, 0.4) is 0 Å². The minimum atomic E-state index is -0.125. The van der Waals surface area contributed by atoms with Gasteiger partial charge in [0.25, 0.3) is 0 Å². The summed E-state index contributed by atoms with van der Waals surface area (Å²) >= 11 is 0. The van der Waals surface area contributed by atoms with Gasteiger partial charge in [-0.3, -0.25) is 9.79 Å². The lowest BCUT2D eigenvalue weighted by Crippen LogP contribution is -2.42. The Morgan fingerprint density at radius 1 is 1.08 bits per heavy atom. The third-order valence-electron chi connectivity index (χ3n) is 3.26. The summed E-state index contributed by atoms with van der Waals surface area (Å²) in [5.74, 6) is 1.18. The molecule has 7 heteroatoms. The maximum absolute atomic E-state index is 11.8. The number of benzene rings is 1. The highest BCUT2D eigenvalue weighted by Crippen LogP contribution is 2.02. The van der Waals surface area contributed by atoms with Crippen LogP contribution in [0.4, 0.5) is 0 Å². The van der Waals surface area contributed by atoms with Crippen molar-refractivity contribution in [2.75, 3.05) is 13.6 Å². The molecule has 1 aromatic heterocycles. The first kappa shape index (κ1) is 20.0. The summed E-state index contributed by atoms with van der Waals surface area (Å²) < 4.78 is 5.16. The first-order valence-corrected chi connectivity index (χ1v) is 7.46. The van der Waals surface area contributed by atoms with Crippen LogP contribution >= 0.6 is 24.0 Å². The molecule has 2 rings (SSSR count). The molecule has 130 valence electrons. The average molecular weight is 442 g/mol. The molecular formula is C17H23IN4O2. The van der Waals surface area contributed by atoms with E-state index in [-0.39, 0.29) is 36.4 Å². The molecule has 0 aliphatic carbocycles. The van der Waals surface area contributed by atoms with Crippen molar-refractivity contribution >= 4 is 35.8 Å². The summed E-state index contributed by atoms with van der Waals surface area (Å²) in [6.07, 6.45) is 1.58. The lowest BCUT2D eigenvalue weighted by Gasteiger charge is -2.12. The highest BCUT2D eigenvalue weighted by Gasteiger charge is 2.04. The molecule has 0 atom stereocenters. The van der Waals surface area contributed by atoms with E-state index in [4.69, 9.17) is 4.42 Å². The molecule has 0 saturated heterocycles. The van der Waals surface area contributed by atoms with Crippen molar-refractivity contribution in [1.82, 2.24) is 16.0 Å². The topological polar surface area (TPSA) is 78.7 Å². The van der Waals surface area contributed by atoms with E-state index in [1.807, 2.05) is 6.07 Å². The maximum atomic E-state index is 11.8. The van der Waals surface area contributed by atoms with E-state index in [1.165, 1.54) is 5.56 Å². The van der Waals surface area contributed by atoms with E-state index in [0.29, 0.717) is 19.0 Å². The molecule has 0 aliphatic rings. The number of hydrogen-bond donors (Lipinski definition) is 3. The van der Waals surface area contributed by atoms with E-state index >= 15 is 0 Å². The number of furan rings is 1. The number of rotatable bonds is 6. The van der Waals surface area contributed by atoms with Crippen molar-refractivity contribution in [3.63, 3.8) is 0 Å². The highest BCUT2D eigenvalue weighted by atomic mass is 127. The van der Waals surface area contributed by atoms with Crippen molar-refractivity contribution in [2.24, 2.45) is 4.99 Å². The zero-order chi connectivity index (χ0) is 16.5. The molecule has 1 aromatic carbocycles. The second-order valence-corrected chi connectivity index (χ2v) is 5.12. The van der Waals surface area contributed by atoms with Gasteiger partial charge in [-0.2, -0.15) is 0 Å². The number of guanidine groups is 1. The summed E-state index contributed by atoms with van der Waals surface area (Å²) in [4.78, 5) is 15.9. The SMILES string of the molecule is CN=C(NCC(=O)NCc1ccco1)NCc1ccc(C)cc1.I. The Kier molecular flexibility index (Phi) is 8.92. The Morgan fingerprint density at radius 2 is 1.83 bits per heavy atom. The van der Waals surface area contributed by atoms with Crippen LogP contribution in [0.25, 0.3) is 0 Å². The van der Waals surface area contributed by atoms with E-state index in [1.54, 1.807) is 19.4 Å². The minimum absolute atomic E-state index is 0. The Morgan fingerprint density at radius 3 is 2.46 bits per heavy atom. The summed E-state index contributed by atoms with van der Waals surface area (Å²) in [6.45, 7) is 3.23. The fourth-order valence-electron chi connectivity index (χ4n) is 1.94. The number of carbonyl (C=O) groups excluding carboxylic acids is 1. The normalized spacial score (nSPS) is 10.7. The Bertz CT molecular complexity index is 639. The Balaban J connectivity index is 0.00000288. The first-order valence-electron chi connectivity index (χ1n) is 7.46. The number of aryl methyl sites for hydroxylation is 1. The molecule has 0 radical (unpaired) electrons. The molecule has 1 heterocycles. The summed E-state index contributed by atoms with van der Waals surface area (Å²) in [5, 5.41) is 8.91. The van der Waals surface area contributed by atoms with Crippen LogP contribution in [0.5, 0.6) is 0 Å². The molecule has 6 nitrogen and oxygen atoms in total. The zero-order valence-electron chi connectivity index (χ0n) is 13.8. The minimum Gasteiger partial charge on any atom is -0.467 e. The van der Waals surface area contributed by atoms with E-state index < -0.39 is 0 Å². The van der Waals surface area contributed by atoms with Crippen LogP contribution in [0.2, 0.25) is 0 Å². The van der Waals surface area contributed by atoms with Gasteiger partial charge in [0.05, 0.1) is 19.4 Å². The van der Waals surface area contributed by atoms with Gasteiger partial charge in [-0.1, -0.05) is 29.8 Å². The van der Waals surface area contributed by atoms with Gasteiger partial charge in [0.15, 0.2) is 5.96 Å². The predicted molar refractivity (Wildman–Crippen MR) is 105 cm³/mol. The molecule has 1 amide bonds. The maximum Gasteiger partial charge on any atom is 0.239 e. The second kappa shape index (κ2) is 10.7. The fourth-order valence-corrected chi connectivity index (χ4v) is 1.94. The van der Waals surface area contributed by atoms with Gasteiger partial charge in [-0.25, -0.2) is 0 Å². The molecule has 0 unspecified atom stereocenters. The molecule has 0 bridgehead atoms. The molecule has 0 spiro atoms. The van der Waals surface area contributed by atoms with Gasteiger partial charge in [0, 0.05) is 13.6 Å². The van der Waals surface area contributed by atoms with Gasteiger partial charge >= 0.3 is 0 Å². The average Bonchev–Trinajstić information content (AvgIpc) is 3.08. The van der Waals surface area contributed by atoms with Crippen molar-refractivity contribution in [2.45, 2.75) is 20.0 Å². The van der Waals surface area contributed by atoms with Crippen molar-refractivity contribution in [3.05, 3.63) is 59.5 Å². The van der Waals surface area contributed by atoms with Crippen LogP contribution in [0, 0.1) is 6.92 Å². The molecule has 0 fully saturated rings. The fraction of sp³-hybridized carbons (Fsp3) is 0.294.